The zero-order valence-electron chi connectivity index (χ0n) is 17.0. The van der Waals surface area contributed by atoms with E-state index in [2.05, 4.69) is 5.32 Å². The van der Waals surface area contributed by atoms with Crippen LogP contribution in [0.5, 0.6) is 11.5 Å². The number of nitrogens with one attached hydrogen (secondary N) is 1. The number of hydrogen-bond acceptors (Lipinski definition) is 5. The monoisotopic (exact) mass is 418 g/mol. The summed E-state index contributed by atoms with van der Waals surface area (Å²) in [5.41, 5.74) is 2.37. The van der Waals surface area contributed by atoms with E-state index in [1.807, 2.05) is 32.0 Å². The van der Waals surface area contributed by atoms with Crippen molar-refractivity contribution < 1.29 is 22.7 Å². The van der Waals surface area contributed by atoms with Gasteiger partial charge in [0.1, 0.15) is 11.5 Å². The highest BCUT2D eigenvalue weighted by Crippen LogP contribution is 2.35. The first-order valence-corrected chi connectivity index (χ1v) is 11.3. The number of hydrogen-bond donors (Lipinski definition) is 1. The minimum atomic E-state index is -3.55. The van der Waals surface area contributed by atoms with E-state index in [1.54, 1.807) is 31.4 Å². The first-order valence-electron chi connectivity index (χ1n) is 9.43. The molecule has 0 radical (unpaired) electrons. The summed E-state index contributed by atoms with van der Waals surface area (Å²) >= 11 is 0. The van der Waals surface area contributed by atoms with Crippen molar-refractivity contribution >= 4 is 21.6 Å². The average molecular weight is 419 g/mol. The second-order valence-corrected chi connectivity index (χ2v) is 8.97. The summed E-state index contributed by atoms with van der Waals surface area (Å²) in [5.74, 6) is 0.803. The van der Waals surface area contributed by atoms with Gasteiger partial charge in [0.15, 0.2) is 6.10 Å². The van der Waals surface area contributed by atoms with E-state index < -0.39 is 16.1 Å². The van der Waals surface area contributed by atoms with Crippen LogP contribution in [0, 0.1) is 6.92 Å². The second kappa shape index (κ2) is 8.32. The standard InChI is InChI=1S/C21H26N2O5S/c1-5-16(15-10-11-18(27-3)14(2)12-15)22-21(24)20-13-23(29(4,25)26)17-8-6-7-9-19(17)28-20/h6-12,16,20H,5,13H2,1-4H3,(H,22,24)/t16-,20+/m0/s1. The second-order valence-electron chi connectivity index (χ2n) is 7.07. The van der Waals surface area contributed by atoms with Gasteiger partial charge >= 0.3 is 0 Å². The Kier molecular flexibility index (Phi) is 6.02. The molecule has 1 N–H and O–H groups in total. The summed E-state index contributed by atoms with van der Waals surface area (Å²) in [6, 6.07) is 12.4. The summed E-state index contributed by atoms with van der Waals surface area (Å²) in [5, 5.41) is 2.99. The largest absolute Gasteiger partial charge is 0.496 e. The van der Waals surface area contributed by atoms with Gasteiger partial charge in [-0.1, -0.05) is 31.2 Å². The van der Waals surface area contributed by atoms with E-state index in [0.717, 1.165) is 23.1 Å². The molecular formula is C21H26N2O5S. The molecule has 7 nitrogen and oxygen atoms in total. The number of nitrogens with zero attached hydrogens (tertiary/aromatic N) is 1. The summed E-state index contributed by atoms with van der Waals surface area (Å²) < 4.78 is 36.8. The number of carbonyl (C=O) groups excluding carboxylic acids is 1. The molecule has 0 saturated heterocycles. The molecule has 0 aliphatic carbocycles. The van der Waals surface area contributed by atoms with E-state index >= 15 is 0 Å². The number of carbonyl (C=O) groups is 1. The minimum absolute atomic E-state index is 0.0697. The summed E-state index contributed by atoms with van der Waals surface area (Å²) in [6.07, 6.45) is 0.864. The lowest BCUT2D eigenvalue weighted by molar-refractivity contribution is -0.128. The lowest BCUT2D eigenvalue weighted by atomic mass is 10.0. The summed E-state index contributed by atoms with van der Waals surface area (Å²) in [7, 11) is -1.93. The summed E-state index contributed by atoms with van der Waals surface area (Å²) in [6.45, 7) is 3.85. The molecule has 1 aliphatic rings. The van der Waals surface area contributed by atoms with E-state index in [4.69, 9.17) is 9.47 Å². The highest BCUT2D eigenvalue weighted by Gasteiger charge is 2.35. The molecule has 0 aromatic heterocycles. The lowest BCUT2D eigenvalue weighted by Crippen LogP contribution is -2.51. The molecule has 1 heterocycles. The fourth-order valence-electron chi connectivity index (χ4n) is 3.46. The number of para-hydroxylation sites is 2. The van der Waals surface area contributed by atoms with E-state index in [0.29, 0.717) is 17.9 Å². The van der Waals surface area contributed by atoms with Crippen molar-refractivity contribution in [3.05, 3.63) is 53.6 Å². The molecule has 8 heteroatoms. The number of sulfonamides is 1. The van der Waals surface area contributed by atoms with Crippen molar-refractivity contribution in [2.75, 3.05) is 24.2 Å². The van der Waals surface area contributed by atoms with Gasteiger partial charge in [-0.2, -0.15) is 0 Å². The first-order chi connectivity index (χ1) is 13.7. The van der Waals surface area contributed by atoms with Crippen LogP contribution in [0.4, 0.5) is 5.69 Å². The van der Waals surface area contributed by atoms with Crippen LogP contribution in [0.3, 0.4) is 0 Å². The Labute approximate surface area is 171 Å². The molecule has 29 heavy (non-hydrogen) atoms. The smallest absolute Gasteiger partial charge is 0.263 e. The average Bonchev–Trinajstić information content (AvgIpc) is 2.70. The van der Waals surface area contributed by atoms with Gasteiger partial charge in [-0.25, -0.2) is 8.42 Å². The Morgan fingerprint density at radius 2 is 2.03 bits per heavy atom. The highest BCUT2D eigenvalue weighted by atomic mass is 32.2. The van der Waals surface area contributed by atoms with Crippen molar-refractivity contribution in [2.24, 2.45) is 0 Å². The number of rotatable bonds is 6. The van der Waals surface area contributed by atoms with E-state index in [1.165, 1.54) is 4.31 Å². The molecule has 0 spiro atoms. The number of fused-ring (bicyclic) bond motifs is 1. The number of ether oxygens (including phenoxy) is 2. The molecule has 1 aliphatic heterocycles. The number of amides is 1. The summed E-state index contributed by atoms with van der Waals surface area (Å²) in [4.78, 5) is 12.9. The maximum atomic E-state index is 12.9. The highest BCUT2D eigenvalue weighted by molar-refractivity contribution is 7.92. The van der Waals surface area contributed by atoms with Crippen LogP contribution in [0.1, 0.15) is 30.5 Å². The van der Waals surface area contributed by atoms with Crippen LogP contribution in [-0.4, -0.2) is 40.3 Å². The first kappa shape index (κ1) is 21.0. The van der Waals surface area contributed by atoms with Crippen LogP contribution in [0.15, 0.2) is 42.5 Å². The Morgan fingerprint density at radius 1 is 1.31 bits per heavy atom. The number of benzene rings is 2. The fraction of sp³-hybridized carbons (Fsp3) is 0.381. The van der Waals surface area contributed by atoms with Crippen molar-refractivity contribution in [2.45, 2.75) is 32.4 Å². The molecule has 3 rings (SSSR count). The molecular weight excluding hydrogens is 392 g/mol. The van der Waals surface area contributed by atoms with Gasteiger partial charge in [-0.3, -0.25) is 9.10 Å². The topological polar surface area (TPSA) is 84.9 Å². The number of methoxy groups -OCH3 is 1. The minimum Gasteiger partial charge on any atom is -0.496 e. The molecule has 2 aromatic carbocycles. The number of aryl methyl sites for hydroxylation is 1. The quantitative estimate of drug-likeness (QED) is 0.780. The third-order valence-electron chi connectivity index (χ3n) is 4.97. The Hall–Kier alpha value is -2.74. The molecule has 156 valence electrons. The van der Waals surface area contributed by atoms with Crippen LogP contribution >= 0.6 is 0 Å². The molecule has 0 unspecified atom stereocenters. The van der Waals surface area contributed by atoms with Crippen LogP contribution < -0.4 is 19.1 Å². The van der Waals surface area contributed by atoms with E-state index in [9.17, 15) is 13.2 Å². The Morgan fingerprint density at radius 3 is 2.66 bits per heavy atom. The maximum Gasteiger partial charge on any atom is 0.263 e. The van der Waals surface area contributed by atoms with Gasteiger partial charge in [-0.05, 0) is 42.7 Å². The van der Waals surface area contributed by atoms with E-state index in [-0.39, 0.29) is 18.5 Å². The SMILES string of the molecule is CC[C@H](NC(=O)[C@H]1CN(S(C)(=O)=O)c2ccccc2O1)c1ccc(OC)c(C)c1. The lowest BCUT2D eigenvalue weighted by Gasteiger charge is -2.34. The Balaban J connectivity index is 1.82. The van der Waals surface area contributed by atoms with Crippen LogP contribution in [0.25, 0.3) is 0 Å². The maximum absolute atomic E-state index is 12.9. The molecule has 0 saturated carbocycles. The van der Waals surface area contributed by atoms with Crippen LogP contribution in [-0.2, 0) is 14.8 Å². The Bertz CT molecular complexity index is 1010. The van der Waals surface area contributed by atoms with Gasteiger partial charge in [0.2, 0.25) is 10.0 Å². The van der Waals surface area contributed by atoms with Crippen molar-refractivity contribution in [1.82, 2.24) is 5.32 Å². The predicted molar refractivity (Wildman–Crippen MR) is 112 cm³/mol. The van der Waals surface area contributed by atoms with Crippen molar-refractivity contribution in [3.8, 4) is 11.5 Å². The fourth-order valence-corrected chi connectivity index (χ4v) is 4.37. The normalized spacial score (nSPS) is 17.1. The third kappa shape index (κ3) is 4.48. The zero-order chi connectivity index (χ0) is 21.2. The van der Waals surface area contributed by atoms with Crippen LogP contribution in [0.2, 0.25) is 0 Å². The predicted octanol–water partition coefficient (Wildman–Crippen LogP) is 2.80. The molecule has 0 fully saturated rings. The molecule has 0 bridgehead atoms. The van der Waals surface area contributed by atoms with Gasteiger partial charge in [-0.15, -0.1) is 0 Å². The third-order valence-corrected chi connectivity index (χ3v) is 6.12. The molecule has 2 aromatic rings. The van der Waals surface area contributed by atoms with Gasteiger partial charge in [0.25, 0.3) is 5.91 Å². The van der Waals surface area contributed by atoms with Crippen molar-refractivity contribution in [3.63, 3.8) is 0 Å². The van der Waals surface area contributed by atoms with Gasteiger partial charge < -0.3 is 14.8 Å². The molecule has 2 atom stereocenters. The molecule has 1 amide bonds. The van der Waals surface area contributed by atoms with Gasteiger partial charge in [0, 0.05) is 0 Å². The zero-order valence-corrected chi connectivity index (χ0v) is 17.8. The number of anilines is 1. The van der Waals surface area contributed by atoms with Crippen molar-refractivity contribution in [1.29, 1.82) is 0 Å². The van der Waals surface area contributed by atoms with Gasteiger partial charge in [0.05, 0.1) is 31.6 Å².